The van der Waals surface area contributed by atoms with Crippen LogP contribution in [0.5, 0.6) is 0 Å². The number of carbonyl (C=O) groups excluding carboxylic acids is 1. The van der Waals surface area contributed by atoms with E-state index < -0.39 is 17.8 Å². The lowest BCUT2D eigenvalue weighted by molar-refractivity contribution is -0.141. The summed E-state index contributed by atoms with van der Waals surface area (Å²) in [6, 6.07) is 3.29. The SMILES string of the molecule is COC(=O)C[C@@H](N)c1ccc(F)cc1Cl. The van der Waals surface area contributed by atoms with Gasteiger partial charge < -0.3 is 10.5 Å². The van der Waals surface area contributed by atoms with Gasteiger partial charge in [-0.3, -0.25) is 4.79 Å². The third-order valence-electron chi connectivity index (χ3n) is 1.98. The van der Waals surface area contributed by atoms with Crippen LogP contribution in [0.2, 0.25) is 5.02 Å². The summed E-state index contributed by atoms with van der Waals surface area (Å²) >= 11 is 5.78. The van der Waals surface area contributed by atoms with Crippen LogP contribution in [0.4, 0.5) is 4.39 Å². The van der Waals surface area contributed by atoms with Crippen molar-refractivity contribution in [3.8, 4) is 0 Å². The van der Waals surface area contributed by atoms with Crippen LogP contribution in [0.15, 0.2) is 18.2 Å². The lowest BCUT2D eigenvalue weighted by Crippen LogP contribution is -2.16. The molecule has 0 aliphatic heterocycles. The molecule has 0 fully saturated rings. The van der Waals surface area contributed by atoms with E-state index in [1.807, 2.05) is 0 Å². The molecule has 15 heavy (non-hydrogen) atoms. The number of ether oxygens (including phenoxy) is 1. The summed E-state index contributed by atoms with van der Waals surface area (Å²) in [6.45, 7) is 0. The van der Waals surface area contributed by atoms with Crippen molar-refractivity contribution < 1.29 is 13.9 Å². The average molecular weight is 232 g/mol. The minimum Gasteiger partial charge on any atom is -0.469 e. The van der Waals surface area contributed by atoms with Crippen molar-refractivity contribution in [2.24, 2.45) is 5.73 Å². The molecule has 0 aliphatic carbocycles. The summed E-state index contributed by atoms with van der Waals surface area (Å²) in [5.74, 6) is -0.864. The Kier molecular flexibility index (Phi) is 4.05. The normalized spacial score (nSPS) is 12.3. The number of halogens is 2. The van der Waals surface area contributed by atoms with Crippen molar-refractivity contribution in [3.63, 3.8) is 0 Å². The summed E-state index contributed by atoms with van der Waals surface area (Å²) < 4.78 is 17.2. The smallest absolute Gasteiger partial charge is 0.307 e. The maximum atomic E-state index is 12.7. The van der Waals surface area contributed by atoms with E-state index in [1.165, 1.54) is 19.2 Å². The van der Waals surface area contributed by atoms with Gasteiger partial charge in [0.05, 0.1) is 13.5 Å². The first kappa shape index (κ1) is 11.9. The highest BCUT2D eigenvalue weighted by molar-refractivity contribution is 6.31. The number of rotatable bonds is 3. The van der Waals surface area contributed by atoms with Gasteiger partial charge in [-0.05, 0) is 17.7 Å². The zero-order valence-electron chi connectivity index (χ0n) is 8.17. The van der Waals surface area contributed by atoms with Crippen molar-refractivity contribution in [3.05, 3.63) is 34.6 Å². The second kappa shape index (κ2) is 5.09. The molecule has 2 N–H and O–H groups in total. The molecular weight excluding hydrogens is 221 g/mol. The summed E-state index contributed by atoms with van der Waals surface area (Å²) in [5.41, 5.74) is 6.25. The van der Waals surface area contributed by atoms with E-state index >= 15 is 0 Å². The van der Waals surface area contributed by atoms with Crippen LogP contribution in [-0.2, 0) is 9.53 Å². The van der Waals surface area contributed by atoms with E-state index in [1.54, 1.807) is 0 Å². The average Bonchev–Trinajstić information content (AvgIpc) is 2.17. The van der Waals surface area contributed by atoms with Gasteiger partial charge in [-0.1, -0.05) is 17.7 Å². The highest BCUT2D eigenvalue weighted by Crippen LogP contribution is 2.24. The van der Waals surface area contributed by atoms with E-state index in [9.17, 15) is 9.18 Å². The lowest BCUT2D eigenvalue weighted by atomic mass is 10.0. The standard InChI is InChI=1S/C10H11ClFNO2/c1-15-10(14)5-9(13)7-3-2-6(12)4-8(7)11/h2-4,9H,5,13H2,1H3/t9-/m1/s1. The lowest BCUT2D eigenvalue weighted by Gasteiger charge is -2.12. The van der Waals surface area contributed by atoms with Gasteiger partial charge >= 0.3 is 5.97 Å². The van der Waals surface area contributed by atoms with E-state index in [0.29, 0.717) is 5.56 Å². The number of benzene rings is 1. The molecular formula is C10H11ClFNO2. The van der Waals surface area contributed by atoms with Gasteiger partial charge in [-0.15, -0.1) is 0 Å². The largest absolute Gasteiger partial charge is 0.469 e. The number of esters is 1. The first-order chi connectivity index (χ1) is 7.04. The zero-order valence-corrected chi connectivity index (χ0v) is 8.92. The van der Waals surface area contributed by atoms with Gasteiger partial charge in [0.15, 0.2) is 0 Å². The van der Waals surface area contributed by atoms with Gasteiger partial charge in [-0.2, -0.15) is 0 Å². The van der Waals surface area contributed by atoms with Crippen LogP contribution >= 0.6 is 11.6 Å². The molecule has 0 amide bonds. The van der Waals surface area contributed by atoms with E-state index in [4.69, 9.17) is 17.3 Å². The molecule has 0 unspecified atom stereocenters. The molecule has 0 aromatic heterocycles. The molecule has 0 spiro atoms. The highest BCUT2D eigenvalue weighted by atomic mass is 35.5. The Hall–Kier alpha value is -1.13. The van der Waals surface area contributed by atoms with Crippen LogP contribution in [0, 0.1) is 5.82 Å². The van der Waals surface area contributed by atoms with Crippen molar-refractivity contribution in [1.82, 2.24) is 0 Å². The third kappa shape index (κ3) is 3.18. The molecule has 3 nitrogen and oxygen atoms in total. The maximum absolute atomic E-state index is 12.7. The highest BCUT2D eigenvalue weighted by Gasteiger charge is 2.15. The van der Waals surface area contributed by atoms with Gasteiger partial charge in [0.1, 0.15) is 5.82 Å². The van der Waals surface area contributed by atoms with Crippen LogP contribution in [0.1, 0.15) is 18.0 Å². The Labute approximate surface area is 92.0 Å². The molecule has 0 bridgehead atoms. The fourth-order valence-corrected chi connectivity index (χ4v) is 1.48. The Morgan fingerprint density at radius 2 is 2.33 bits per heavy atom. The van der Waals surface area contributed by atoms with Gasteiger partial charge in [-0.25, -0.2) is 4.39 Å². The Morgan fingerprint density at radius 3 is 2.87 bits per heavy atom. The molecule has 1 aromatic rings. The van der Waals surface area contributed by atoms with Crippen molar-refractivity contribution in [2.75, 3.05) is 7.11 Å². The number of methoxy groups -OCH3 is 1. The Morgan fingerprint density at radius 1 is 1.67 bits per heavy atom. The molecule has 0 aliphatic rings. The van der Waals surface area contributed by atoms with Crippen LogP contribution in [-0.4, -0.2) is 13.1 Å². The van der Waals surface area contributed by atoms with Gasteiger partial charge in [0.2, 0.25) is 0 Å². The predicted octanol–water partition coefficient (Wildman–Crippen LogP) is 2.04. The molecule has 82 valence electrons. The molecule has 1 aromatic carbocycles. The molecule has 5 heteroatoms. The first-order valence-electron chi connectivity index (χ1n) is 4.32. The monoisotopic (exact) mass is 231 g/mol. The minimum absolute atomic E-state index is 0.0157. The molecule has 0 heterocycles. The number of carbonyl (C=O) groups is 1. The zero-order chi connectivity index (χ0) is 11.4. The number of hydrogen-bond acceptors (Lipinski definition) is 3. The Balaban J connectivity index is 2.82. The third-order valence-corrected chi connectivity index (χ3v) is 2.30. The first-order valence-corrected chi connectivity index (χ1v) is 4.69. The van der Waals surface area contributed by atoms with Crippen molar-refractivity contribution in [1.29, 1.82) is 0 Å². The van der Waals surface area contributed by atoms with Gasteiger partial charge in [0.25, 0.3) is 0 Å². The summed E-state index contributed by atoms with van der Waals surface area (Å²) in [5, 5.41) is 0.214. The second-order valence-corrected chi connectivity index (χ2v) is 3.46. The summed E-state index contributed by atoms with van der Waals surface area (Å²) in [6.07, 6.45) is 0.0157. The topological polar surface area (TPSA) is 52.3 Å². The number of hydrogen-bond donors (Lipinski definition) is 1. The minimum atomic E-state index is -0.578. The molecule has 1 atom stereocenters. The molecule has 1 rings (SSSR count). The van der Waals surface area contributed by atoms with E-state index in [0.717, 1.165) is 6.07 Å². The fourth-order valence-electron chi connectivity index (χ4n) is 1.18. The van der Waals surface area contributed by atoms with E-state index in [-0.39, 0.29) is 11.4 Å². The van der Waals surface area contributed by atoms with E-state index in [2.05, 4.69) is 4.74 Å². The van der Waals surface area contributed by atoms with Crippen LogP contribution < -0.4 is 5.73 Å². The molecule has 0 radical (unpaired) electrons. The van der Waals surface area contributed by atoms with Gasteiger partial charge in [0, 0.05) is 11.1 Å². The summed E-state index contributed by atoms with van der Waals surface area (Å²) in [7, 11) is 1.28. The van der Waals surface area contributed by atoms with Crippen molar-refractivity contribution in [2.45, 2.75) is 12.5 Å². The Bertz CT molecular complexity index is 370. The summed E-state index contributed by atoms with van der Waals surface area (Å²) in [4.78, 5) is 11.0. The van der Waals surface area contributed by atoms with Crippen LogP contribution in [0.3, 0.4) is 0 Å². The molecule has 0 saturated carbocycles. The quantitative estimate of drug-likeness (QED) is 0.810. The maximum Gasteiger partial charge on any atom is 0.307 e. The molecule has 0 saturated heterocycles. The fraction of sp³-hybridized carbons (Fsp3) is 0.300. The van der Waals surface area contributed by atoms with Crippen molar-refractivity contribution >= 4 is 17.6 Å². The van der Waals surface area contributed by atoms with Crippen LogP contribution in [0.25, 0.3) is 0 Å². The number of nitrogens with two attached hydrogens (primary N) is 1. The predicted molar refractivity (Wildman–Crippen MR) is 55.0 cm³/mol. The second-order valence-electron chi connectivity index (χ2n) is 3.05.